The van der Waals surface area contributed by atoms with Crippen molar-refractivity contribution in [2.75, 3.05) is 12.9 Å². The van der Waals surface area contributed by atoms with Gasteiger partial charge in [0.25, 0.3) is 11.5 Å². The van der Waals surface area contributed by atoms with Crippen LogP contribution in [0.4, 0.5) is 0 Å². The number of fused-ring (bicyclic) bond motifs is 1. The number of carbonyl (C=O) groups is 1. The molecule has 4 rings (SSSR count). The Kier molecular flexibility index (Phi) is 7.44. The largest absolute Gasteiger partial charge is 0.496 e. The van der Waals surface area contributed by atoms with E-state index in [4.69, 9.17) is 4.74 Å². The first-order chi connectivity index (χ1) is 16.5. The monoisotopic (exact) mass is 536 g/mol. The third-order valence-electron chi connectivity index (χ3n) is 4.95. The van der Waals surface area contributed by atoms with Gasteiger partial charge in [0.2, 0.25) is 0 Å². The Hall–Kier alpha value is -3.43. The fraction of sp³-hybridized carbons (Fsp3) is 0.120. The first-order valence-electron chi connectivity index (χ1n) is 10.3. The van der Waals surface area contributed by atoms with E-state index in [2.05, 4.69) is 31.4 Å². The quantitative estimate of drug-likeness (QED) is 0.160. The summed E-state index contributed by atoms with van der Waals surface area (Å²) in [6.45, 7) is 1.98. The zero-order valence-corrected chi connectivity index (χ0v) is 20.9. The number of carbonyl (C=O) groups excluding carboxylic acids is 1. The average Bonchev–Trinajstić information content (AvgIpc) is 2.84. The number of nitrogens with zero attached hydrogens (tertiary/aromatic N) is 3. The number of rotatable bonds is 7. The number of aryl methyl sites for hydroxylation is 1. The fourth-order valence-corrected chi connectivity index (χ4v) is 4.46. The molecule has 0 aliphatic carbocycles. The molecule has 1 aromatic heterocycles. The van der Waals surface area contributed by atoms with Gasteiger partial charge in [0, 0.05) is 10.0 Å². The van der Waals surface area contributed by atoms with Gasteiger partial charge >= 0.3 is 0 Å². The topological polar surface area (TPSA) is 85.6 Å². The van der Waals surface area contributed by atoms with Crippen LogP contribution in [0.1, 0.15) is 11.1 Å². The Morgan fingerprint density at radius 1 is 1.18 bits per heavy atom. The minimum atomic E-state index is -0.326. The van der Waals surface area contributed by atoms with E-state index in [9.17, 15) is 9.59 Å². The summed E-state index contributed by atoms with van der Waals surface area (Å²) < 4.78 is 7.71. The van der Waals surface area contributed by atoms with Gasteiger partial charge in [0.05, 0.1) is 35.7 Å². The Balaban J connectivity index is 1.55. The maximum atomic E-state index is 13.3. The molecule has 0 spiro atoms. The molecule has 0 aliphatic heterocycles. The van der Waals surface area contributed by atoms with Crippen LogP contribution < -0.4 is 15.7 Å². The molecule has 0 saturated heterocycles. The molecule has 0 unspecified atom stereocenters. The smallest absolute Gasteiger partial charge is 0.266 e. The van der Waals surface area contributed by atoms with Crippen molar-refractivity contribution in [3.63, 3.8) is 0 Å². The highest BCUT2D eigenvalue weighted by Gasteiger charge is 2.14. The van der Waals surface area contributed by atoms with Gasteiger partial charge in [-0.2, -0.15) is 5.10 Å². The van der Waals surface area contributed by atoms with Gasteiger partial charge < -0.3 is 4.74 Å². The maximum Gasteiger partial charge on any atom is 0.266 e. The van der Waals surface area contributed by atoms with Gasteiger partial charge in [0.15, 0.2) is 5.16 Å². The minimum Gasteiger partial charge on any atom is -0.496 e. The van der Waals surface area contributed by atoms with E-state index in [0.717, 1.165) is 10.0 Å². The van der Waals surface area contributed by atoms with Crippen LogP contribution in [0.2, 0.25) is 0 Å². The van der Waals surface area contributed by atoms with E-state index >= 15 is 0 Å². The van der Waals surface area contributed by atoms with Crippen molar-refractivity contribution in [3.8, 4) is 11.4 Å². The summed E-state index contributed by atoms with van der Waals surface area (Å²) in [5.41, 5.74) is 5.40. The van der Waals surface area contributed by atoms with Crippen molar-refractivity contribution < 1.29 is 9.53 Å². The van der Waals surface area contributed by atoms with Crippen molar-refractivity contribution in [2.45, 2.75) is 12.1 Å². The van der Waals surface area contributed by atoms with Crippen LogP contribution >= 0.6 is 27.7 Å². The number of amides is 1. The van der Waals surface area contributed by atoms with E-state index in [1.807, 2.05) is 55.5 Å². The summed E-state index contributed by atoms with van der Waals surface area (Å²) in [5, 5.41) is 4.98. The number of nitrogens with one attached hydrogen (secondary N) is 1. The summed E-state index contributed by atoms with van der Waals surface area (Å²) in [5.74, 6) is 0.343. The van der Waals surface area contributed by atoms with Crippen molar-refractivity contribution in [3.05, 3.63) is 92.7 Å². The summed E-state index contributed by atoms with van der Waals surface area (Å²) in [6.07, 6.45) is 1.52. The Labute approximate surface area is 209 Å². The van der Waals surface area contributed by atoms with Crippen LogP contribution in [-0.4, -0.2) is 34.5 Å². The van der Waals surface area contributed by atoms with Crippen molar-refractivity contribution in [2.24, 2.45) is 5.10 Å². The maximum absolute atomic E-state index is 13.3. The summed E-state index contributed by atoms with van der Waals surface area (Å²) >= 11 is 4.58. The number of para-hydroxylation sites is 1. The van der Waals surface area contributed by atoms with Crippen LogP contribution in [0.3, 0.4) is 0 Å². The molecule has 0 atom stereocenters. The lowest BCUT2D eigenvalue weighted by atomic mass is 10.2. The number of thioether (sulfide) groups is 1. The first kappa shape index (κ1) is 23.7. The minimum absolute atomic E-state index is 0.0313. The lowest BCUT2D eigenvalue weighted by Gasteiger charge is -2.13. The van der Waals surface area contributed by atoms with Gasteiger partial charge in [-0.15, -0.1) is 0 Å². The highest BCUT2D eigenvalue weighted by molar-refractivity contribution is 9.10. The van der Waals surface area contributed by atoms with E-state index in [0.29, 0.717) is 33.1 Å². The Bertz CT molecular complexity index is 1430. The lowest BCUT2D eigenvalue weighted by Crippen LogP contribution is -2.24. The van der Waals surface area contributed by atoms with E-state index in [1.165, 1.54) is 22.5 Å². The number of hydrogen-bond acceptors (Lipinski definition) is 6. The van der Waals surface area contributed by atoms with Gasteiger partial charge in [-0.05, 0) is 49.4 Å². The van der Waals surface area contributed by atoms with Gasteiger partial charge in [-0.25, -0.2) is 10.4 Å². The molecule has 1 heterocycles. The van der Waals surface area contributed by atoms with Gasteiger partial charge in [-0.3, -0.25) is 14.2 Å². The zero-order valence-electron chi connectivity index (χ0n) is 18.5. The summed E-state index contributed by atoms with van der Waals surface area (Å²) in [4.78, 5) is 30.4. The summed E-state index contributed by atoms with van der Waals surface area (Å²) in [7, 11) is 1.57. The van der Waals surface area contributed by atoms with Crippen molar-refractivity contribution in [1.82, 2.24) is 15.0 Å². The highest BCUT2D eigenvalue weighted by atomic mass is 79.9. The second-order valence-corrected chi connectivity index (χ2v) is 9.21. The molecule has 0 saturated carbocycles. The van der Waals surface area contributed by atoms with Crippen LogP contribution in [0, 0.1) is 6.92 Å². The number of ether oxygens (including phenoxy) is 1. The molecule has 172 valence electrons. The first-order valence-corrected chi connectivity index (χ1v) is 12.1. The molecule has 34 heavy (non-hydrogen) atoms. The number of hydrazone groups is 1. The number of halogens is 1. The zero-order chi connectivity index (χ0) is 24.1. The molecular weight excluding hydrogens is 516 g/mol. The van der Waals surface area contributed by atoms with Gasteiger partial charge in [0.1, 0.15) is 5.75 Å². The van der Waals surface area contributed by atoms with Crippen molar-refractivity contribution >= 4 is 50.7 Å². The lowest BCUT2D eigenvalue weighted by molar-refractivity contribution is -0.118. The van der Waals surface area contributed by atoms with Crippen LogP contribution in [0.15, 0.2) is 86.3 Å². The SMILES string of the molecule is COc1ccc(Br)cc1C=NNC(=O)CSc1nc2ccccc2c(=O)n1-c1ccc(C)cc1. The number of methoxy groups -OCH3 is 1. The highest BCUT2D eigenvalue weighted by Crippen LogP contribution is 2.22. The molecule has 4 aromatic rings. The van der Waals surface area contributed by atoms with E-state index < -0.39 is 0 Å². The molecule has 9 heteroatoms. The summed E-state index contributed by atoms with van der Waals surface area (Å²) in [6, 6.07) is 20.3. The molecule has 0 radical (unpaired) electrons. The molecular formula is C25H21BrN4O3S. The molecule has 0 fully saturated rings. The second-order valence-electron chi connectivity index (χ2n) is 7.36. The average molecular weight is 537 g/mol. The van der Waals surface area contributed by atoms with Crippen LogP contribution in [0.25, 0.3) is 16.6 Å². The standard InChI is InChI=1S/C25H21BrN4O3S/c1-16-7-10-19(11-8-16)30-24(32)20-5-3-4-6-21(20)28-25(30)34-15-23(31)29-27-14-17-13-18(26)9-12-22(17)33-2/h3-14H,15H2,1-2H3,(H,29,31). The van der Waals surface area contributed by atoms with Crippen LogP contribution in [0.5, 0.6) is 5.75 Å². The molecule has 0 bridgehead atoms. The Morgan fingerprint density at radius 3 is 2.71 bits per heavy atom. The number of hydrogen-bond donors (Lipinski definition) is 1. The third kappa shape index (κ3) is 5.37. The third-order valence-corrected chi connectivity index (χ3v) is 6.39. The fourth-order valence-electron chi connectivity index (χ4n) is 3.27. The van der Waals surface area contributed by atoms with Crippen LogP contribution in [-0.2, 0) is 4.79 Å². The molecule has 3 aromatic carbocycles. The predicted octanol–water partition coefficient (Wildman–Crippen LogP) is 4.71. The molecule has 0 aliphatic rings. The second kappa shape index (κ2) is 10.7. The number of benzene rings is 3. The molecule has 1 N–H and O–H groups in total. The number of aromatic nitrogens is 2. The normalized spacial score (nSPS) is 11.1. The van der Waals surface area contributed by atoms with E-state index in [1.54, 1.807) is 25.3 Å². The van der Waals surface area contributed by atoms with Crippen molar-refractivity contribution in [1.29, 1.82) is 0 Å². The predicted molar refractivity (Wildman–Crippen MR) is 139 cm³/mol. The molecule has 7 nitrogen and oxygen atoms in total. The Morgan fingerprint density at radius 2 is 1.94 bits per heavy atom. The van der Waals surface area contributed by atoms with Gasteiger partial charge in [-0.1, -0.05) is 57.5 Å². The van der Waals surface area contributed by atoms with E-state index in [-0.39, 0.29) is 17.2 Å². The molecule has 1 amide bonds.